The third-order valence-electron chi connectivity index (χ3n) is 13.7. The summed E-state index contributed by atoms with van der Waals surface area (Å²) < 4.78 is 25.4. The maximum atomic E-state index is 14.7. The van der Waals surface area contributed by atoms with Gasteiger partial charge in [-0.1, -0.05) is 0 Å². The zero-order valence-electron chi connectivity index (χ0n) is 33.9. The van der Waals surface area contributed by atoms with E-state index in [4.69, 9.17) is 18.9 Å². The molecule has 0 aromatic heterocycles. The molecule has 4 atom stereocenters. The molecule has 302 valence electrons. The van der Waals surface area contributed by atoms with E-state index < -0.39 is 70.0 Å². The predicted molar refractivity (Wildman–Crippen MR) is 202 cm³/mol. The minimum Gasteiger partial charge on any atom is -0.459 e. The van der Waals surface area contributed by atoms with Crippen LogP contribution in [0, 0.1) is 47.3 Å². The minimum absolute atomic E-state index is 0.0661. The first-order valence-electron chi connectivity index (χ1n) is 20.7. The molecule has 4 heterocycles. The summed E-state index contributed by atoms with van der Waals surface area (Å²) in [6.45, 7) is 21.9. The fraction of sp³-hybridized carbons (Fsp3) is 0.902. The zero-order valence-corrected chi connectivity index (χ0v) is 33.9. The zero-order chi connectivity index (χ0) is 38.6. The molecule has 1 saturated carbocycles. The normalized spacial score (nSPS) is 27.9. The Kier molecular flexibility index (Phi) is 13.6. The smallest absolute Gasteiger partial charge is 0.311 e. The van der Waals surface area contributed by atoms with Gasteiger partial charge in [0.2, 0.25) is 0 Å². The summed E-state index contributed by atoms with van der Waals surface area (Å²) in [7, 11) is 0. The Bertz CT molecular complexity index is 1180. The minimum atomic E-state index is -1.27. The lowest BCUT2D eigenvalue weighted by Gasteiger charge is -2.40. The van der Waals surface area contributed by atoms with Gasteiger partial charge in [0.05, 0.1) is 23.7 Å². The molecule has 53 heavy (non-hydrogen) atoms. The molecule has 4 saturated heterocycles. The maximum absolute atomic E-state index is 14.7. The summed E-state index contributed by atoms with van der Waals surface area (Å²) in [4.78, 5) is 58.5. The van der Waals surface area contributed by atoms with Crippen molar-refractivity contribution in [3.05, 3.63) is 0 Å². The van der Waals surface area contributed by atoms with Crippen LogP contribution in [0.1, 0.15) is 113 Å². The monoisotopic (exact) mass is 747 g/mol. The van der Waals surface area contributed by atoms with Crippen LogP contribution in [0.3, 0.4) is 0 Å². The van der Waals surface area contributed by atoms with Crippen LogP contribution in [0.25, 0.3) is 0 Å². The molecule has 5 rings (SSSR count). The quantitative estimate of drug-likeness (QED) is 0.168. The van der Waals surface area contributed by atoms with Crippen LogP contribution in [0.2, 0.25) is 0 Å². The van der Waals surface area contributed by atoms with Crippen molar-refractivity contribution in [2.24, 2.45) is 47.3 Å². The lowest BCUT2D eigenvalue weighted by molar-refractivity contribution is -0.189. The largest absolute Gasteiger partial charge is 0.459 e. The van der Waals surface area contributed by atoms with Crippen molar-refractivity contribution in [1.29, 1.82) is 0 Å². The van der Waals surface area contributed by atoms with Gasteiger partial charge >= 0.3 is 23.9 Å². The van der Waals surface area contributed by atoms with Gasteiger partial charge in [0.25, 0.3) is 0 Å². The van der Waals surface area contributed by atoms with Gasteiger partial charge in [0, 0.05) is 23.7 Å². The highest BCUT2D eigenvalue weighted by molar-refractivity contribution is 5.93. The first kappa shape index (κ1) is 41.9. The van der Waals surface area contributed by atoms with E-state index in [2.05, 4.69) is 21.3 Å². The number of hydrogen-bond donors (Lipinski definition) is 4. The summed E-state index contributed by atoms with van der Waals surface area (Å²) in [6, 6.07) is 0. The highest BCUT2D eigenvalue weighted by Gasteiger charge is 2.60. The number of piperidine rings is 4. The summed E-state index contributed by atoms with van der Waals surface area (Å²) in [5.41, 5.74) is -3.35. The number of hydrogen-bond acceptors (Lipinski definition) is 12. The van der Waals surface area contributed by atoms with Crippen LogP contribution in [0.5, 0.6) is 0 Å². The number of carbonyl (C=O) groups excluding carboxylic acids is 4. The highest BCUT2D eigenvalue weighted by atomic mass is 16.6. The number of carbonyl (C=O) groups is 4. The van der Waals surface area contributed by atoms with E-state index in [-0.39, 0.29) is 30.1 Å². The predicted octanol–water partition coefficient (Wildman–Crippen LogP) is 4.14. The first-order chi connectivity index (χ1) is 24.9. The van der Waals surface area contributed by atoms with Gasteiger partial charge < -0.3 is 40.2 Å². The third-order valence-corrected chi connectivity index (χ3v) is 13.7. The molecule has 0 amide bonds. The molecule has 0 radical (unpaired) electrons. The summed E-state index contributed by atoms with van der Waals surface area (Å²) in [5.74, 6) is -6.80. The van der Waals surface area contributed by atoms with Crippen molar-refractivity contribution in [3.63, 3.8) is 0 Å². The first-order valence-corrected chi connectivity index (χ1v) is 20.7. The molecular weight excluding hydrogens is 676 g/mol. The fourth-order valence-electron chi connectivity index (χ4n) is 9.90. The van der Waals surface area contributed by atoms with Crippen molar-refractivity contribution in [1.82, 2.24) is 21.3 Å². The molecule has 5 fully saturated rings. The fourth-order valence-corrected chi connectivity index (χ4v) is 9.90. The average molecular weight is 747 g/mol. The Balaban J connectivity index is 1.50. The van der Waals surface area contributed by atoms with Crippen LogP contribution in [0.4, 0.5) is 0 Å². The number of esters is 4. The Morgan fingerprint density at radius 3 is 0.811 bits per heavy atom. The molecule has 0 bridgehead atoms. The van der Waals surface area contributed by atoms with Crippen molar-refractivity contribution in [2.75, 3.05) is 52.4 Å². The van der Waals surface area contributed by atoms with Crippen LogP contribution in [-0.4, -0.2) is 98.6 Å². The Morgan fingerprint density at radius 2 is 0.585 bits per heavy atom. The van der Waals surface area contributed by atoms with Gasteiger partial charge in [-0.25, -0.2) is 0 Å². The topological polar surface area (TPSA) is 153 Å². The van der Waals surface area contributed by atoms with Crippen LogP contribution >= 0.6 is 0 Å². The van der Waals surface area contributed by atoms with Gasteiger partial charge in [-0.15, -0.1) is 0 Å². The number of rotatable bonds is 12. The Hall–Kier alpha value is -2.28. The van der Waals surface area contributed by atoms with Crippen LogP contribution in [0.15, 0.2) is 0 Å². The van der Waals surface area contributed by atoms with Gasteiger partial charge in [0.15, 0.2) is 0 Å². The van der Waals surface area contributed by atoms with Crippen LogP contribution in [-0.2, 0) is 38.1 Å². The summed E-state index contributed by atoms with van der Waals surface area (Å²) >= 11 is 0. The molecule has 4 N–H and O–H groups in total. The molecule has 4 unspecified atom stereocenters. The average Bonchev–Trinajstić information content (AvgIpc) is 3.55. The van der Waals surface area contributed by atoms with Gasteiger partial charge in [-0.2, -0.15) is 0 Å². The summed E-state index contributed by atoms with van der Waals surface area (Å²) in [5, 5.41) is 13.5. The SMILES string of the molecule is CC(C)(OC(=O)C1CC(C(=O)OC(C)(C)C2CCNCC2)C(C(=O)OC(C)(C)C2CCNCC2)C1C(=O)OC(C)(C)C1CCNCC1)C1CCNCC1. The molecular formula is C41H70N4O8. The lowest BCUT2D eigenvalue weighted by Crippen LogP contribution is -2.49. The molecule has 0 aromatic carbocycles. The number of nitrogens with one attached hydrogen (secondary N) is 4. The van der Waals surface area contributed by atoms with E-state index in [0.29, 0.717) is 0 Å². The van der Waals surface area contributed by atoms with Crippen molar-refractivity contribution in [2.45, 2.75) is 136 Å². The lowest BCUT2D eigenvalue weighted by atomic mass is 9.81. The second kappa shape index (κ2) is 17.2. The van der Waals surface area contributed by atoms with Gasteiger partial charge in [-0.05, 0) is 166 Å². The van der Waals surface area contributed by atoms with E-state index in [1.54, 1.807) is 0 Å². The third kappa shape index (κ3) is 10.1. The van der Waals surface area contributed by atoms with E-state index in [9.17, 15) is 19.2 Å². The van der Waals surface area contributed by atoms with Crippen LogP contribution < -0.4 is 21.3 Å². The molecule has 0 spiro atoms. The highest BCUT2D eigenvalue weighted by Crippen LogP contribution is 2.48. The molecule has 0 aromatic rings. The van der Waals surface area contributed by atoms with Crippen molar-refractivity contribution in [3.8, 4) is 0 Å². The van der Waals surface area contributed by atoms with E-state index in [0.717, 1.165) is 104 Å². The van der Waals surface area contributed by atoms with Gasteiger partial charge in [-0.3, -0.25) is 19.2 Å². The Labute approximate surface area is 318 Å². The van der Waals surface area contributed by atoms with Gasteiger partial charge in [0.1, 0.15) is 22.4 Å². The van der Waals surface area contributed by atoms with Crippen molar-refractivity contribution < 1.29 is 38.1 Å². The van der Waals surface area contributed by atoms with Crippen molar-refractivity contribution >= 4 is 23.9 Å². The Morgan fingerprint density at radius 1 is 0.377 bits per heavy atom. The second-order valence-electron chi connectivity index (χ2n) is 18.7. The molecule has 1 aliphatic carbocycles. The van der Waals surface area contributed by atoms with E-state index in [1.807, 2.05) is 55.4 Å². The molecule has 12 heteroatoms. The number of ether oxygens (including phenoxy) is 4. The van der Waals surface area contributed by atoms with E-state index >= 15 is 0 Å². The maximum Gasteiger partial charge on any atom is 0.311 e. The second-order valence-corrected chi connectivity index (χ2v) is 18.7. The molecule has 5 aliphatic rings. The van der Waals surface area contributed by atoms with E-state index in [1.165, 1.54) is 0 Å². The standard InChI is InChI=1S/C41H70N4O8/c1-38(2,26-9-17-42-18-10-26)50-34(46)30-25-31(35(47)51-39(3,4)27-11-19-43-20-12-27)33(37(49)53-41(7,8)29-15-23-45-24-16-29)32(30)36(48)52-40(5,6)28-13-21-44-22-14-28/h26-33,42-45H,9-25H2,1-8H3. The molecule has 4 aliphatic heterocycles. The summed E-state index contributed by atoms with van der Waals surface area (Å²) in [6.07, 6.45) is 6.66. The molecule has 12 nitrogen and oxygen atoms in total.